The van der Waals surface area contributed by atoms with Crippen LogP contribution in [0.2, 0.25) is 0 Å². The van der Waals surface area contributed by atoms with Gasteiger partial charge in [-0.2, -0.15) is 0 Å². The Kier molecular flexibility index (Phi) is 3.11. The Morgan fingerprint density at radius 2 is 2.06 bits per heavy atom. The number of carbonyl (C=O) groups is 2. The molecule has 96 valence electrons. The van der Waals surface area contributed by atoms with E-state index in [0.29, 0.717) is 25.7 Å². The van der Waals surface area contributed by atoms with Crippen molar-refractivity contribution in [2.24, 2.45) is 0 Å². The van der Waals surface area contributed by atoms with Crippen LogP contribution >= 0.6 is 0 Å². The number of rotatable bonds is 2. The van der Waals surface area contributed by atoms with E-state index in [2.05, 4.69) is 0 Å². The molecule has 7 heteroatoms. The van der Waals surface area contributed by atoms with Gasteiger partial charge in [0.1, 0.15) is 6.04 Å². The molecule has 1 N–H and O–H groups in total. The number of nitrogens with zero attached hydrogens (tertiary/aromatic N) is 1. The summed E-state index contributed by atoms with van der Waals surface area (Å²) in [6.45, 7) is 0. The van der Waals surface area contributed by atoms with Gasteiger partial charge in [0.25, 0.3) is 0 Å². The Bertz CT molecular complexity index is 444. The molecule has 0 aromatic rings. The topological polar surface area (TPSA) is 91.8 Å². The van der Waals surface area contributed by atoms with Crippen molar-refractivity contribution < 1.29 is 23.1 Å². The fraction of sp³-hybridized carbons (Fsp3) is 0.800. The minimum absolute atomic E-state index is 0.0494. The smallest absolute Gasteiger partial charge is 0.326 e. The molecule has 6 nitrogen and oxygen atoms in total. The first-order chi connectivity index (χ1) is 7.91. The number of hydrogen-bond donors (Lipinski definition) is 1. The van der Waals surface area contributed by atoms with Crippen molar-refractivity contribution in [3.63, 3.8) is 0 Å². The largest absolute Gasteiger partial charge is 0.480 e. The normalized spacial score (nSPS) is 32.7. The Balaban J connectivity index is 2.21. The minimum Gasteiger partial charge on any atom is -0.480 e. The summed E-state index contributed by atoms with van der Waals surface area (Å²) in [5.41, 5.74) is 0. The van der Waals surface area contributed by atoms with Gasteiger partial charge in [-0.05, 0) is 19.3 Å². The van der Waals surface area contributed by atoms with Gasteiger partial charge in [-0.25, -0.2) is 13.2 Å². The van der Waals surface area contributed by atoms with Crippen LogP contribution < -0.4 is 0 Å². The fourth-order valence-electron chi connectivity index (χ4n) is 2.58. The molecule has 17 heavy (non-hydrogen) atoms. The van der Waals surface area contributed by atoms with Crippen LogP contribution in [0.5, 0.6) is 0 Å². The Morgan fingerprint density at radius 1 is 1.35 bits per heavy atom. The number of carbonyl (C=O) groups excluding carboxylic acids is 1. The standard InChI is InChI=1S/C10H15NO5S/c12-9-3-1-2-8(10(13)14)11(9)7-4-5-17(15,16)6-7/h7-8H,1-6H2,(H,13,14). The molecule has 2 fully saturated rings. The van der Waals surface area contributed by atoms with Gasteiger partial charge in [-0.3, -0.25) is 4.79 Å². The van der Waals surface area contributed by atoms with Crippen LogP contribution in [0, 0.1) is 0 Å². The maximum absolute atomic E-state index is 11.8. The number of hydrogen-bond acceptors (Lipinski definition) is 4. The van der Waals surface area contributed by atoms with Gasteiger partial charge in [0, 0.05) is 12.5 Å². The lowest BCUT2D eigenvalue weighted by atomic mass is 9.99. The van der Waals surface area contributed by atoms with Gasteiger partial charge in [0.15, 0.2) is 9.84 Å². The molecule has 2 unspecified atom stereocenters. The predicted octanol–water partition coefficient (Wildman–Crippen LogP) is -0.361. The Morgan fingerprint density at radius 3 is 2.59 bits per heavy atom. The van der Waals surface area contributed by atoms with Crippen molar-refractivity contribution in [2.45, 2.75) is 37.8 Å². The third kappa shape index (κ3) is 2.43. The maximum Gasteiger partial charge on any atom is 0.326 e. The molecule has 2 heterocycles. The van der Waals surface area contributed by atoms with Crippen LogP contribution in [0.3, 0.4) is 0 Å². The molecule has 2 rings (SSSR count). The van der Waals surface area contributed by atoms with E-state index >= 15 is 0 Å². The molecular formula is C10H15NO5S. The lowest BCUT2D eigenvalue weighted by Gasteiger charge is -2.36. The Labute approximate surface area is 99.5 Å². The van der Waals surface area contributed by atoms with Gasteiger partial charge >= 0.3 is 5.97 Å². The highest BCUT2D eigenvalue weighted by atomic mass is 32.2. The second-order valence-corrected chi connectivity index (χ2v) is 6.83. The molecule has 0 aliphatic carbocycles. The summed E-state index contributed by atoms with van der Waals surface area (Å²) in [7, 11) is -3.10. The number of carboxylic acids is 1. The molecule has 2 aliphatic heterocycles. The molecule has 2 saturated heterocycles. The summed E-state index contributed by atoms with van der Waals surface area (Å²) < 4.78 is 22.8. The van der Waals surface area contributed by atoms with E-state index < -0.39 is 27.9 Å². The molecule has 0 radical (unpaired) electrons. The zero-order valence-electron chi connectivity index (χ0n) is 9.33. The van der Waals surface area contributed by atoms with Crippen LogP contribution in [-0.4, -0.2) is 53.9 Å². The van der Waals surface area contributed by atoms with Crippen LogP contribution in [-0.2, 0) is 19.4 Å². The quantitative estimate of drug-likeness (QED) is 0.733. The maximum atomic E-state index is 11.8. The second-order valence-electron chi connectivity index (χ2n) is 4.60. The molecule has 1 amide bonds. The Hall–Kier alpha value is -1.11. The summed E-state index contributed by atoms with van der Waals surface area (Å²) >= 11 is 0. The monoisotopic (exact) mass is 261 g/mol. The van der Waals surface area contributed by atoms with Gasteiger partial charge in [-0.15, -0.1) is 0 Å². The van der Waals surface area contributed by atoms with Crippen molar-refractivity contribution in [3.05, 3.63) is 0 Å². The lowest BCUT2D eigenvalue weighted by molar-refractivity contribution is -0.155. The first-order valence-corrected chi connectivity index (χ1v) is 7.47. The lowest BCUT2D eigenvalue weighted by Crippen LogP contribution is -2.53. The molecule has 0 aromatic heterocycles. The van der Waals surface area contributed by atoms with Crippen molar-refractivity contribution in [1.29, 1.82) is 0 Å². The molecule has 2 atom stereocenters. The number of carboxylic acid groups (broad SMARTS) is 1. The number of sulfone groups is 1. The van der Waals surface area contributed by atoms with Gasteiger partial charge in [0.05, 0.1) is 11.5 Å². The van der Waals surface area contributed by atoms with Gasteiger partial charge < -0.3 is 10.0 Å². The first kappa shape index (κ1) is 12.3. The van der Waals surface area contributed by atoms with Crippen LogP contribution in [0.4, 0.5) is 0 Å². The highest BCUT2D eigenvalue weighted by molar-refractivity contribution is 7.91. The number of aliphatic carboxylic acids is 1. The van der Waals surface area contributed by atoms with E-state index in [4.69, 9.17) is 5.11 Å². The summed E-state index contributed by atoms with van der Waals surface area (Å²) in [5.74, 6) is -1.32. The molecule has 0 spiro atoms. The zero-order valence-corrected chi connectivity index (χ0v) is 10.1. The third-order valence-electron chi connectivity index (χ3n) is 3.38. The number of amides is 1. The molecule has 0 aromatic carbocycles. The predicted molar refractivity (Wildman–Crippen MR) is 59.2 cm³/mol. The highest BCUT2D eigenvalue weighted by Gasteiger charge is 2.42. The average Bonchev–Trinajstić information content (AvgIpc) is 2.58. The average molecular weight is 261 g/mol. The molecular weight excluding hydrogens is 246 g/mol. The van der Waals surface area contributed by atoms with Crippen molar-refractivity contribution in [1.82, 2.24) is 4.90 Å². The molecule has 2 aliphatic rings. The van der Waals surface area contributed by atoms with E-state index in [0.717, 1.165) is 0 Å². The first-order valence-electron chi connectivity index (χ1n) is 5.65. The van der Waals surface area contributed by atoms with E-state index in [1.54, 1.807) is 0 Å². The molecule has 0 bridgehead atoms. The number of likely N-dealkylation sites (tertiary alicyclic amines) is 1. The third-order valence-corrected chi connectivity index (χ3v) is 5.13. The van der Waals surface area contributed by atoms with Crippen LogP contribution in [0.1, 0.15) is 25.7 Å². The highest BCUT2D eigenvalue weighted by Crippen LogP contribution is 2.26. The van der Waals surface area contributed by atoms with Crippen LogP contribution in [0.15, 0.2) is 0 Å². The summed E-state index contributed by atoms with van der Waals surface area (Å²) in [5, 5.41) is 9.07. The van der Waals surface area contributed by atoms with Crippen molar-refractivity contribution in [2.75, 3.05) is 11.5 Å². The van der Waals surface area contributed by atoms with Crippen LogP contribution in [0.25, 0.3) is 0 Å². The van der Waals surface area contributed by atoms with Gasteiger partial charge in [-0.1, -0.05) is 0 Å². The zero-order chi connectivity index (χ0) is 12.6. The van der Waals surface area contributed by atoms with E-state index in [-0.39, 0.29) is 17.4 Å². The van der Waals surface area contributed by atoms with Crippen molar-refractivity contribution in [3.8, 4) is 0 Å². The van der Waals surface area contributed by atoms with Gasteiger partial charge in [0.2, 0.25) is 5.91 Å². The van der Waals surface area contributed by atoms with E-state index in [1.165, 1.54) is 4.90 Å². The van der Waals surface area contributed by atoms with E-state index in [1.807, 2.05) is 0 Å². The van der Waals surface area contributed by atoms with E-state index in [9.17, 15) is 18.0 Å². The van der Waals surface area contributed by atoms with Crippen molar-refractivity contribution >= 4 is 21.7 Å². The minimum atomic E-state index is -3.10. The summed E-state index contributed by atoms with van der Waals surface area (Å²) in [4.78, 5) is 24.1. The number of piperidine rings is 1. The second kappa shape index (κ2) is 4.29. The SMILES string of the molecule is O=C(O)C1CCCC(=O)N1C1CCS(=O)(=O)C1. The summed E-state index contributed by atoms with van der Waals surface area (Å²) in [6.07, 6.45) is 1.65. The fourth-order valence-corrected chi connectivity index (χ4v) is 4.30. The summed E-state index contributed by atoms with van der Waals surface area (Å²) in [6, 6.07) is -1.30. The molecule has 0 saturated carbocycles.